The zero-order valence-electron chi connectivity index (χ0n) is 17.2. The molecule has 2 aromatic heterocycles. The molecule has 3 aromatic rings. The van der Waals surface area contributed by atoms with Crippen molar-refractivity contribution in [2.24, 2.45) is 13.0 Å². The van der Waals surface area contributed by atoms with Crippen molar-refractivity contribution in [2.45, 2.75) is 26.3 Å². The average molecular weight is 393 g/mol. The van der Waals surface area contributed by atoms with Gasteiger partial charge in [-0.25, -0.2) is 4.98 Å². The van der Waals surface area contributed by atoms with Crippen LogP contribution in [0.4, 0.5) is 5.69 Å². The Morgan fingerprint density at radius 1 is 1.28 bits per heavy atom. The molecule has 1 amide bonds. The molecule has 7 heteroatoms. The quantitative estimate of drug-likeness (QED) is 0.721. The van der Waals surface area contributed by atoms with E-state index in [0.29, 0.717) is 5.75 Å². The summed E-state index contributed by atoms with van der Waals surface area (Å²) in [6.07, 6.45) is 3.63. The highest BCUT2D eigenvalue weighted by molar-refractivity contribution is 5.94. The first kappa shape index (κ1) is 19.4. The first-order valence-corrected chi connectivity index (χ1v) is 9.99. The number of rotatable bonds is 5. The number of carbonyl (C=O) groups is 1. The fourth-order valence-corrected chi connectivity index (χ4v) is 4.03. The summed E-state index contributed by atoms with van der Waals surface area (Å²) in [5.74, 6) is 0.785. The molecule has 152 valence electrons. The van der Waals surface area contributed by atoms with Crippen molar-refractivity contribution in [3.63, 3.8) is 0 Å². The number of nitrogens with zero attached hydrogens (tertiary/aromatic N) is 4. The lowest BCUT2D eigenvalue weighted by Gasteiger charge is -2.31. The van der Waals surface area contributed by atoms with Crippen molar-refractivity contribution in [1.29, 1.82) is 0 Å². The molecule has 0 saturated carbocycles. The number of fused-ring (bicyclic) bond motifs is 1. The maximum Gasteiger partial charge on any atom is 0.227 e. The maximum absolute atomic E-state index is 12.7. The number of aromatic nitrogens is 3. The topological polar surface area (TPSA) is 72.3 Å². The van der Waals surface area contributed by atoms with Crippen molar-refractivity contribution >= 4 is 22.6 Å². The number of benzene rings is 1. The minimum absolute atomic E-state index is 0.0253. The largest absolute Gasteiger partial charge is 0.495 e. The molecule has 3 heterocycles. The van der Waals surface area contributed by atoms with E-state index in [0.717, 1.165) is 54.9 Å². The normalized spacial score (nSPS) is 15.6. The molecule has 1 aliphatic rings. The Kier molecular flexibility index (Phi) is 5.49. The first-order chi connectivity index (χ1) is 14.0. The van der Waals surface area contributed by atoms with Crippen LogP contribution in [0.15, 0.2) is 36.5 Å². The minimum Gasteiger partial charge on any atom is -0.495 e. The number of pyridine rings is 1. The van der Waals surface area contributed by atoms with E-state index < -0.39 is 0 Å². The van der Waals surface area contributed by atoms with Gasteiger partial charge in [-0.2, -0.15) is 5.10 Å². The standard InChI is InChI=1S/C22H27N5O2/c1-15-18-12-16(13-23-21(18)26(2)25-15)14-27-10-8-17(9-11-27)22(28)24-19-6-4-5-7-20(19)29-3/h4-7,12-13,17H,8-11,14H2,1-3H3,(H,24,28). The molecule has 0 radical (unpaired) electrons. The van der Waals surface area contributed by atoms with Crippen LogP contribution in [0.5, 0.6) is 5.75 Å². The second-order valence-electron chi connectivity index (χ2n) is 7.66. The highest BCUT2D eigenvalue weighted by atomic mass is 16.5. The van der Waals surface area contributed by atoms with E-state index in [1.54, 1.807) is 7.11 Å². The number of para-hydroxylation sites is 2. The third-order valence-corrected chi connectivity index (χ3v) is 5.65. The summed E-state index contributed by atoms with van der Waals surface area (Å²) in [6, 6.07) is 9.70. The van der Waals surface area contributed by atoms with Crippen LogP contribution in [0.2, 0.25) is 0 Å². The van der Waals surface area contributed by atoms with Gasteiger partial charge in [0.15, 0.2) is 5.65 Å². The number of methoxy groups -OCH3 is 1. The number of hydrogen-bond donors (Lipinski definition) is 1. The Labute approximate surface area is 170 Å². The van der Waals surface area contributed by atoms with Crippen LogP contribution in [0.1, 0.15) is 24.1 Å². The Morgan fingerprint density at radius 3 is 2.79 bits per heavy atom. The second kappa shape index (κ2) is 8.21. The monoisotopic (exact) mass is 393 g/mol. The van der Waals surface area contributed by atoms with E-state index in [2.05, 4.69) is 26.4 Å². The van der Waals surface area contributed by atoms with Gasteiger partial charge in [0.25, 0.3) is 0 Å². The SMILES string of the molecule is COc1ccccc1NC(=O)C1CCN(Cc2cnc3c(c2)c(C)nn3C)CC1. The van der Waals surface area contributed by atoms with Crippen LogP contribution in [0.25, 0.3) is 11.0 Å². The lowest BCUT2D eigenvalue weighted by atomic mass is 9.95. The summed E-state index contributed by atoms with van der Waals surface area (Å²) in [5.41, 5.74) is 3.83. The number of amides is 1. The number of anilines is 1. The predicted molar refractivity (Wildman–Crippen MR) is 113 cm³/mol. The van der Waals surface area contributed by atoms with Crippen LogP contribution in [0.3, 0.4) is 0 Å². The summed E-state index contributed by atoms with van der Waals surface area (Å²) in [5, 5.41) is 8.57. The summed E-state index contributed by atoms with van der Waals surface area (Å²) >= 11 is 0. The van der Waals surface area contributed by atoms with Gasteiger partial charge in [0, 0.05) is 31.1 Å². The first-order valence-electron chi connectivity index (χ1n) is 9.99. The molecule has 1 fully saturated rings. The Balaban J connectivity index is 1.34. The fraction of sp³-hybridized carbons (Fsp3) is 0.409. The van der Waals surface area contributed by atoms with Gasteiger partial charge in [0.05, 0.1) is 18.5 Å². The van der Waals surface area contributed by atoms with E-state index in [9.17, 15) is 4.79 Å². The summed E-state index contributed by atoms with van der Waals surface area (Å²) in [6.45, 7) is 4.65. The third kappa shape index (κ3) is 4.10. The summed E-state index contributed by atoms with van der Waals surface area (Å²) in [4.78, 5) is 19.6. The van der Waals surface area contributed by atoms with Gasteiger partial charge < -0.3 is 10.1 Å². The molecule has 1 aliphatic heterocycles. The number of hydrogen-bond acceptors (Lipinski definition) is 5. The fourth-order valence-electron chi connectivity index (χ4n) is 4.03. The van der Waals surface area contributed by atoms with E-state index in [4.69, 9.17) is 4.74 Å². The zero-order chi connectivity index (χ0) is 20.4. The minimum atomic E-state index is 0.0253. The summed E-state index contributed by atoms with van der Waals surface area (Å²) < 4.78 is 7.14. The van der Waals surface area contributed by atoms with E-state index in [-0.39, 0.29) is 11.8 Å². The van der Waals surface area contributed by atoms with Gasteiger partial charge in [-0.05, 0) is 56.6 Å². The van der Waals surface area contributed by atoms with Crippen molar-refractivity contribution in [3.05, 3.63) is 47.8 Å². The smallest absolute Gasteiger partial charge is 0.227 e. The number of likely N-dealkylation sites (tertiary alicyclic amines) is 1. The van der Waals surface area contributed by atoms with Crippen molar-refractivity contribution < 1.29 is 9.53 Å². The Morgan fingerprint density at radius 2 is 2.03 bits per heavy atom. The molecule has 4 rings (SSSR count). The van der Waals surface area contributed by atoms with Gasteiger partial charge in [0.1, 0.15) is 5.75 Å². The molecule has 1 N–H and O–H groups in total. The molecule has 29 heavy (non-hydrogen) atoms. The lowest BCUT2D eigenvalue weighted by Crippen LogP contribution is -2.37. The highest BCUT2D eigenvalue weighted by Gasteiger charge is 2.25. The molecule has 0 spiro atoms. The van der Waals surface area contributed by atoms with Gasteiger partial charge in [0.2, 0.25) is 5.91 Å². The van der Waals surface area contributed by atoms with Crippen molar-refractivity contribution in [2.75, 3.05) is 25.5 Å². The van der Waals surface area contributed by atoms with Crippen LogP contribution >= 0.6 is 0 Å². The van der Waals surface area contributed by atoms with Gasteiger partial charge in [-0.15, -0.1) is 0 Å². The van der Waals surface area contributed by atoms with Crippen LogP contribution in [-0.4, -0.2) is 45.8 Å². The summed E-state index contributed by atoms with van der Waals surface area (Å²) in [7, 11) is 3.53. The van der Waals surface area contributed by atoms with E-state index in [1.165, 1.54) is 5.56 Å². The van der Waals surface area contributed by atoms with E-state index in [1.807, 2.05) is 49.1 Å². The highest BCUT2D eigenvalue weighted by Crippen LogP contribution is 2.26. The van der Waals surface area contributed by atoms with Gasteiger partial charge in [-0.1, -0.05) is 12.1 Å². The van der Waals surface area contributed by atoms with E-state index >= 15 is 0 Å². The molecule has 0 bridgehead atoms. The molecule has 1 aromatic carbocycles. The number of aryl methyl sites for hydroxylation is 2. The number of ether oxygens (including phenoxy) is 1. The molecular formula is C22H27N5O2. The second-order valence-corrected chi connectivity index (χ2v) is 7.66. The van der Waals surface area contributed by atoms with Gasteiger partial charge >= 0.3 is 0 Å². The average Bonchev–Trinajstić information content (AvgIpc) is 3.02. The maximum atomic E-state index is 12.7. The van der Waals surface area contributed by atoms with Crippen LogP contribution in [0, 0.1) is 12.8 Å². The Bertz CT molecular complexity index is 1020. The predicted octanol–water partition coefficient (Wildman–Crippen LogP) is 3.14. The van der Waals surface area contributed by atoms with Gasteiger partial charge in [-0.3, -0.25) is 14.4 Å². The number of piperidine rings is 1. The molecular weight excluding hydrogens is 366 g/mol. The van der Waals surface area contributed by atoms with Crippen molar-refractivity contribution in [3.8, 4) is 5.75 Å². The number of carbonyl (C=O) groups excluding carboxylic acids is 1. The third-order valence-electron chi connectivity index (χ3n) is 5.65. The van der Waals surface area contributed by atoms with Crippen molar-refractivity contribution in [1.82, 2.24) is 19.7 Å². The molecule has 7 nitrogen and oxygen atoms in total. The molecule has 0 aliphatic carbocycles. The zero-order valence-corrected chi connectivity index (χ0v) is 17.2. The molecule has 0 unspecified atom stereocenters. The number of nitrogens with one attached hydrogen (secondary N) is 1. The molecule has 1 saturated heterocycles. The Hall–Kier alpha value is -2.93. The lowest BCUT2D eigenvalue weighted by molar-refractivity contribution is -0.121. The molecule has 0 atom stereocenters. The van der Waals surface area contributed by atoms with Crippen LogP contribution in [-0.2, 0) is 18.4 Å². The van der Waals surface area contributed by atoms with Crippen LogP contribution < -0.4 is 10.1 Å².